The number of carbonyl (C=O) groups excluding carboxylic acids is 1. The lowest BCUT2D eigenvalue weighted by atomic mass is 10.1. The minimum absolute atomic E-state index is 0.0985. The molecule has 0 aromatic heterocycles. The number of ether oxygens (including phenoxy) is 2. The van der Waals surface area contributed by atoms with Crippen LogP contribution in [0.5, 0.6) is 11.5 Å². The van der Waals surface area contributed by atoms with E-state index in [-0.39, 0.29) is 17.2 Å². The molecule has 8 nitrogen and oxygen atoms in total. The van der Waals surface area contributed by atoms with Crippen molar-refractivity contribution >= 4 is 17.3 Å². The van der Waals surface area contributed by atoms with Crippen LogP contribution in [0, 0.1) is 10.1 Å². The van der Waals surface area contributed by atoms with E-state index in [4.69, 9.17) is 9.47 Å². The molecule has 2 aromatic carbocycles. The Labute approximate surface area is 157 Å². The normalized spacial score (nSPS) is 12.4. The molecule has 0 saturated carbocycles. The Balaban J connectivity index is 1.79. The molecule has 1 aliphatic heterocycles. The lowest BCUT2D eigenvalue weighted by Gasteiger charge is -2.21. The number of nitrogens with zero attached hydrogens (tertiary/aromatic N) is 3. The topological polar surface area (TPSA) is 85.2 Å². The van der Waals surface area contributed by atoms with E-state index in [9.17, 15) is 14.9 Å². The van der Waals surface area contributed by atoms with Crippen LogP contribution in [0.15, 0.2) is 36.4 Å². The molecule has 0 spiro atoms. The van der Waals surface area contributed by atoms with Crippen LogP contribution in [-0.4, -0.2) is 50.1 Å². The first-order chi connectivity index (χ1) is 12.9. The van der Waals surface area contributed by atoms with Crippen LogP contribution in [0.4, 0.5) is 11.4 Å². The quantitative estimate of drug-likeness (QED) is 0.593. The summed E-state index contributed by atoms with van der Waals surface area (Å²) in [5.41, 5.74) is 1.51. The molecule has 0 unspecified atom stereocenters. The van der Waals surface area contributed by atoms with Gasteiger partial charge < -0.3 is 19.3 Å². The average molecular weight is 371 g/mol. The van der Waals surface area contributed by atoms with E-state index in [1.54, 1.807) is 38.2 Å². The maximum atomic E-state index is 12.7. The second-order valence-corrected chi connectivity index (χ2v) is 6.49. The highest BCUT2D eigenvalue weighted by Crippen LogP contribution is 2.31. The molecule has 0 saturated heterocycles. The standard InChI is InChI=1S/C19H21N3O5/c1-20(2)15-6-5-14(11-16(15)22(24)25)19(23)21(3)12-13-4-7-17-18(10-13)27-9-8-26-17/h4-7,10-11H,8-9,12H2,1-3H3. The molecule has 27 heavy (non-hydrogen) atoms. The summed E-state index contributed by atoms with van der Waals surface area (Å²) in [6.07, 6.45) is 0. The van der Waals surface area contributed by atoms with Crippen molar-refractivity contribution in [1.29, 1.82) is 0 Å². The summed E-state index contributed by atoms with van der Waals surface area (Å²) in [6.45, 7) is 1.36. The van der Waals surface area contributed by atoms with Gasteiger partial charge in [0.25, 0.3) is 11.6 Å². The van der Waals surface area contributed by atoms with Crippen LogP contribution >= 0.6 is 0 Å². The monoisotopic (exact) mass is 371 g/mol. The molecule has 0 aliphatic carbocycles. The van der Waals surface area contributed by atoms with Gasteiger partial charge in [-0.05, 0) is 29.8 Å². The van der Waals surface area contributed by atoms with Gasteiger partial charge in [0.05, 0.1) is 4.92 Å². The number of nitro groups is 1. The minimum Gasteiger partial charge on any atom is -0.486 e. The number of amides is 1. The fourth-order valence-corrected chi connectivity index (χ4v) is 2.93. The molecule has 0 radical (unpaired) electrons. The average Bonchev–Trinajstić information content (AvgIpc) is 2.66. The van der Waals surface area contributed by atoms with Crippen molar-refractivity contribution < 1.29 is 19.2 Å². The van der Waals surface area contributed by atoms with Crippen LogP contribution in [0.2, 0.25) is 0 Å². The van der Waals surface area contributed by atoms with E-state index in [0.717, 1.165) is 5.56 Å². The Hall–Kier alpha value is -3.29. The largest absolute Gasteiger partial charge is 0.486 e. The third-order valence-electron chi connectivity index (χ3n) is 4.27. The van der Waals surface area contributed by atoms with Crippen LogP contribution in [0.1, 0.15) is 15.9 Å². The number of benzene rings is 2. The highest BCUT2D eigenvalue weighted by atomic mass is 16.6. The fourth-order valence-electron chi connectivity index (χ4n) is 2.93. The van der Waals surface area contributed by atoms with Crippen LogP contribution in [-0.2, 0) is 6.54 Å². The van der Waals surface area contributed by atoms with Crippen molar-refractivity contribution in [2.45, 2.75) is 6.54 Å². The molecule has 0 N–H and O–H groups in total. The molecule has 2 aromatic rings. The van der Waals surface area contributed by atoms with Crippen molar-refractivity contribution in [3.63, 3.8) is 0 Å². The number of carbonyl (C=O) groups is 1. The maximum Gasteiger partial charge on any atom is 0.293 e. The summed E-state index contributed by atoms with van der Waals surface area (Å²) in [4.78, 5) is 26.7. The number of nitro benzene ring substituents is 1. The van der Waals surface area contributed by atoms with Gasteiger partial charge in [0, 0.05) is 39.3 Å². The fraction of sp³-hybridized carbons (Fsp3) is 0.316. The summed E-state index contributed by atoms with van der Waals surface area (Å²) in [7, 11) is 5.10. The van der Waals surface area contributed by atoms with Gasteiger partial charge in [-0.1, -0.05) is 6.07 Å². The lowest BCUT2D eigenvalue weighted by Crippen LogP contribution is -2.26. The summed E-state index contributed by atoms with van der Waals surface area (Å²) < 4.78 is 11.1. The predicted molar refractivity (Wildman–Crippen MR) is 101 cm³/mol. The second-order valence-electron chi connectivity index (χ2n) is 6.49. The van der Waals surface area contributed by atoms with Crippen LogP contribution in [0.3, 0.4) is 0 Å². The molecule has 142 valence electrons. The van der Waals surface area contributed by atoms with E-state index in [1.807, 2.05) is 18.2 Å². The molecule has 3 rings (SSSR count). The first-order valence-electron chi connectivity index (χ1n) is 8.46. The summed E-state index contributed by atoms with van der Waals surface area (Å²) in [5.74, 6) is 1.05. The number of anilines is 1. The Bertz CT molecular complexity index is 882. The number of rotatable bonds is 5. The Kier molecular flexibility index (Phi) is 5.16. The third kappa shape index (κ3) is 3.94. The van der Waals surface area contributed by atoms with Gasteiger partial charge in [0.2, 0.25) is 0 Å². The first-order valence-corrected chi connectivity index (χ1v) is 8.46. The van der Waals surface area contributed by atoms with Crippen molar-refractivity contribution in [1.82, 2.24) is 4.90 Å². The first kappa shape index (κ1) is 18.5. The molecular formula is C19H21N3O5. The molecule has 1 heterocycles. The van der Waals surface area contributed by atoms with Crippen molar-refractivity contribution in [3.8, 4) is 11.5 Å². The number of hydrogen-bond acceptors (Lipinski definition) is 6. The van der Waals surface area contributed by atoms with E-state index in [0.29, 0.717) is 36.9 Å². The SMILES string of the molecule is CN(Cc1ccc2c(c1)OCCO2)C(=O)c1ccc(N(C)C)c([N+](=O)[O-])c1. The molecule has 0 atom stereocenters. The Morgan fingerprint density at radius 2 is 1.78 bits per heavy atom. The highest BCUT2D eigenvalue weighted by molar-refractivity contribution is 5.95. The molecule has 1 amide bonds. The number of hydrogen-bond donors (Lipinski definition) is 0. The summed E-state index contributed by atoms with van der Waals surface area (Å²) in [5, 5.41) is 11.3. The van der Waals surface area contributed by atoms with Crippen LogP contribution in [0.25, 0.3) is 0 Å². The molecular weight excluding hydrogens is 350 g/mol. The summed E-state index contributed by atoms with van der Waals surface area (Å²) in [6, 6.07) is 10.0. The van der Waals surface area contributed by atoms with Crippen LogP contribution < -0.4 is 14.4 Å². The second kappa shape index (κ2) is 7.53. The van der Waals surface area contributed by atoms with E-state index in [1.165, 1.54) is 11.0 Å². The van der Waals surface area contributed by atoms with Crippen molar-refractivity contribution in [3.05, 3.63) is 57.6 Å². The van der Waals surface area contributed by atoms with Gasteiger partial charge in [-0.2, -0.15) is 0 Å². The molecule has 1 aliphatic rings. The predicted octanol–water partition coefficient (Wildman–Crippen LogP) is 2.70. The van der Waals surface area contributed by atoms with Crippen molar-refractivity contribution in [2.24, 2.45) is 0 Å². The van der Waals surface area contributed by atoms with E-state index < -0.39 is 4.92 Å². The Morgan fingerprint density at radius 1 is 1.07 bits per heavy atom. The van der Waals surface area contributed by atoms with E-state index >= 15 is 0 Å². The maximum absolute atomic E-state index is 12.7. The van der Waals surface area contributed by atoms with Gasteiger partial charge in [0.15, 0.2) is 11.5 Å². The third-order valence-corrected chi connectivity index (χ3v) is 4.27. The van der Waals surface area contributed by atoms with Gasteiger partial charge in [-0.25, -0.2) is 0 Å². The van der Waals surface area contributed by atoms with Gasteiger partial charge >= 0.3 is 0 Å². The van der Waals surface area contributed by atoms with E-state index in [2.05, 4.69) is 0 Å². The summed E-state index contributed by atoms with van der Waals surface area (Å²) >= 11 is 0. The lowest BCUT2D eigenvalue weighted by molar-refractivity contribution is -0.384. The number of fused-ring (bicyclic) bond motifs is 1. The molecule has 0 bridgehead atoms. The van der Waals surface area contributed by atoms with Crippen molar-refractivity contribution in [2.75, 3.05) is 39.3 Å². The van der Waals surface area contributed by atoms with Gasteiger partial charge in [-0.3, -0.25) is 14.9 Å². The molecule has 8 heteroatoms. The minimum atomic E-state index is -0.479. The zero-order valence-corrected chi connectivity index (χ0v) is 15.5. The van der Waals surface area contributed by atoms with Gasteiger partial charge in [0.1, 0.15) is 18.9 Å². The zero-order valence-electron chi connectivity index (χ0n) is 15.5. The Morgan fingerprint density at radius 3 is 2.44 bits per heavy atom. The zero-order chi connectivity index (χ0) is 19.6. The highest BCUT2D eigenvalue weighted by Gasteiger charge is 2.21. The smallest absolute Gasteiger partial charge is 0.293 e. The molecule has 0 fully saturated rings. The van der Waals surface area contributed by atoms with Gasteiger partial charge in [-0.15, -0.1) is 0 Å².